The molecule has 0 atom stereocenters. The number of nitrogens with one attached hydrogen (secondary N) is 1. The summed E-state index contributed by atoms with van der Waals surface area (Å²) in [6, 6.07) is 0. The SMILES string of the molecule is CCCN(CC(=O)NC)c1cncc(C(=O)O)n1. The summed E-state index contributed by atoms with van der Waals surface area (Å²) in [5.41, 5.74) is -0.134. The van der Waals surface area contributed by atoms with Gasteiger partial charge in [0.15, 0.2) is 5.69 Å². The molecule has 0 aliphatic heterocycles. The molecule has 0 saturated heterocycles. The quantitative estimate of drug-likeness (QED) is 0.747. The average Bonchev–Trinajstić information content (AvgIpc) is 2.38. The maximum Gasteiger partial charge on any atom is 0.356 e. The molecule has 0 unspecified atom stereocenters. The van der Waals surface area contributed by atoms with Gasteiger partial charge in [-0.05, 0) is 6.42 Å². The van der Waals surface area contributed by atoms with Gasteiger partial charge in [0.2, 0.25) is 5.91 Å². The average molecular weight is 252 g/mol. The molecule has 0 radical (unpaired) electrons. The Bertz CT molecular complexity index is 436. The lowest BCUT2D eigenvalue weighted by molar-refractivity contribution is -0.119. The lowest BCUT2D eigenvalue weighted by Gasteiger charge is -2.21. The molecule has 0 bridgehead atoms. The maximum absolute atomic E-state index is 11.4. The van der Waals surface area contributed by atoms with Crippen molar-refractivity contribution in [2.45, 2.75) is 13.3 Å². The predicted octanol–water partition coefficient (Wildman–Crippen LogP) is 0.137. The number of carbonyl (C=O) groups is 2. The highest BCUT2D eigenvalue weighted by atomic mass is 16.4. The highest BCUT2D eigenvalue weighted by molar-refractivity contribution is 5.85. The summed E-state index contributed by atoms with van der Waals surface area (Å²) in [6.45, 7) is 2.69. The number of rotatable bonds is 6. The summed E-state index contributed by atoms with van der Waals surface area (Å²) in [5.74, 6) is -0.910. The fourth-order valence-corrected chi connectivity index (χ4v) is 1.41. The number of carboxylic acids is 1. The van der Waals surface area contributed by atoms with Crippen LogP contribution in [0.3, 0.4) is 0 Å². The maximum atomic E-state index is 11.4. The van der Waals surface area contributed by atoms with Crippen LogP contribution in [-0.2, 0) is 4.79 Å². The van der Waals surface area contributed by atoms with Crippen LogP contribution in [0.2, 0.25) is 0 Å². The fourth-order valence-electron chi connectivity index (χ4n) is 1.41. The van der Waals surface area contributed by atoms with Gasteiger partial charge < -0.3 is 15.3 Å². The molecule has 7 nitrogen and oxygen atoms in total. The third kappa shape index (κ3) is 3.69. The van der Waals surface area contributed by atoms with E-state index in [0.717, 1.165) is 6.42 Å². The molecular weight excluding hydrogens is 236 g/mol. The molecule has 0 fully saturated rings. The molecule has 2 N–H and O–H groups in total. The van der Waals surface area contributed by atoms with Crippen LogP contribution in [-0.4, -0.2) is 47.1 Å². The van der Waals surface area contributed by atoms with E-state index in [1.807, 2.05) is 6.92 Å². The molecule has 0 saturated carbocycles. The minimum Gasteiger partial charge on any atom is -0.476 e. The van der Waals surface area contributed by atoms with Crippen LogP contribution in [0.15, 0.2) is 12.4 Å². The van der Waals surface area contributed by atoms with Crippen molar-refractivity contribution in [1.29, 1.82) is 0 Å². The molecule has 7 heteroatoms. The Morgan fingerprint density at radius 2 is 2.17 bits per heavy atom. The van der Waals surface area contributed by atoms with E-state index in [2.05, 4.69) is 15.3 Å². The second-order valence-corrected chi connectivity index (χ2v) is 3.66. The second-order valence-electron chi connectivity index (χ2n) is 3.66. The normalized spacial score (nSPS) is 9.89. The number of aromatic carboxylic acids is 1. The summed E-state index contributed by atoms with van der Waals surface area (Å²) in [7, 11) is 1.55. The number of aromatic nitrogens is 2. The van der Waals surface area contributed by atoms with Crippen molar-refractivity contribution in [2.75, 3.05) is 25.0 Å². The first-order chi connectivity index (χ1) is 8.58. The Morgan fingerprint density at radius 3 is 2.72 bits per heavy atom. The number of likely N-dealkylation sites (N-methyl/N-ethyl adjacent to an activating group) is 1. The number of nitrogens with zero attached hydrogens (tertiary/aromatic N) is 3. The van der Waals surface area contributed by atoms with Crippen molar-refractivity contribution in [3.05, 3.63) is 18.1 Å². The van der Waals surface area contributed by atoms with Crippen molar-refractivity contribution < 1.29 is 14.7 Å². The molecule has 18 heavy (non-hydrogen) atoms. The fraction of sp³-hybridized carbons (Fsp3) is 0.455. The van der Waals surface area contributed by atoms with Gasteiger partial charge in [-0.15, -0.1) is 0 Å². The Kier molecular flexibility index (Phi) is 5.04. The zero-order valence-electron chi connectivity index (χ0n) is 10.4. The van der Waals surface area contributed by atoms with Gasteiger partial charge >= 0.3 is 5.97 Å². The van der Waals surface area contributed by atoms with Gasteiger partial charge in [0.25, 0.3) is 0 Å². The number of carboxylic acid groups (broad SMARTS) is 1. The number of carbonyl (C=O) groups excluding carboxylic acids is 1. The molecule has 1 rings (SSSR count). The van der Waals surface area contributed by atoms with Gasteiger partial charge in [0, 0.05) is 13.6 Å². The first-order valence-corrected chi connectivity index (χ1v) is 5.59. The predicted molar refractivity (Wildman–Crippen MR) is 65.6 cm³/mol. The van der Waals surface area contributed by atoms with E-state index in [-0.39, 0.29) is 18.1 Å². The van der Waals surface area contributed by atoms with Crippen LogP contribution in [0.25, 0.3) is 0 Å². The Morgan fingerprint density at radius 1 is 1.44 bits per heavy atom. The van der Waals surface area contributed by atoms with Crippen molar-refractivity contribution in [1.82, 2.24) is 15.3 Å². The third-order valence-corrected chi connectivity index (χ3v) is 2.27. The molecule has 1 amide bonds. The number of amides is 1. The van der Waals surface area contributed by atoms with Crippen molar-refractivity contribution in [3.8, 4) is 0 Å². The van der Waals surface area contributed by atoms with Crippen LogP contribution in [0.1, 0.15) is 23.8 Å². The van der Waals surface area contributed by atoms with E-state index in [0.29, 0.717) is 12.4 Å². The van der Waals surface area contributed by atoms with Gasteiger partial charge in [0.05, 0.1) is 18.9 Å². The highest BCUT2D eigenvalue weighted by Gasteiger charge is 2.14. The van der Waals surface area contributed by atoms with Gasteiger partial charge in [-0.2, -0.15) is 0 Å². The smallest absolute Gasteiger partial charge is 0.356 e. The van der Waals surface area contributed by atoms with Crippen LogP contribution in [0.5, 0.6) is 0 Å². The second kappa shape index (κ2) is 6.53. The monoisotopic (exact) mass is 252 g/mol. The number of anilines is 1. The largest absolute Gasteiger partial charge is 0.476 e. The highest BCUT2D eigenvalue weighted by Crippen LogP contribution is 2.10. The third-order valence-electron chi connectivity index (χ3n) is 2.27. The summed E-state index contributed by atoms with van der Waals surface area (Å²) in [4.78, 5) is 31.7. The van der Waals surface area contributed by atoms with E-state index in [9.17, 15) is 9.59 Å². The van der Waals surface area contributed by atoms with Crippen molar-refractivity contribution >= 4 is 17.7 Å². The molecule has 0 aliphatic carbocycles. The van der Waals surface area contributed by atoms with Crippen molar-refractivity contribution in [2.24, 2.45) is 0 Å². The van der Waals surface area contributed by atoms with E-state index in [4.69, 9.17) is 5.11 Å². The Hall–Kier alpha value is -2.18. The molecule has 0 aromatic carbocycles. The van der Waals surface area contributed by atoms with Gasteiger partial charge in [0.1, 0.15) is 5.82 Å². The Balaban J connectivity index is 2.94. The zero-order chi connectivity index (χ0) is 13.5. The number of hydrogen-bond acceptors (Lipinski definition) is 5. The molecule has 1 aromatic heterocycles. The van der Waals surface area contributed by atoms with E-state index >= 15 is 0 Å². The lowest BCUT2D eigenvalue weighted by Crippen LogP contribution is -2.36. The van der Waals surface area contributed by atoms with E-state index in [1.165, 1.54) is 12.4 Å². The standard InChI is InChI=1S/C11H16N4O3/c1-3-4-15(7-10(16)12-2)9-6-13-5-8(14-9)11(17)18/h5-6H,3-4,7H2,1-2H3,(H,12,16)(H,17,18). The number of hydrogen-bond donors (Lipinski definition) is 2. The lowest BCUT2D eigenvalue weighted by atomic mass is 10.3. The molecular formula is C11H16N4O3. The summed E-state index contributed by atoms with van der Waals surface area (Å²) < 4.78 is 0. The van der Waals surface area contributed by atoms with Crippen LogP contribution in [0, 0.1) is 0 Å². The van der Waals surface area contributed by atoms with Gasteiger partial charge in [-0.25, -0.2) is 9.78 Å². The zero-order valence-corrected chi connectivity index (χ0v) is 10.4. The molecule has 1 aromatic rings. The summed E-state index contributed by atoms with van der Waals surface area (Å²) in [6.07, 6.45) is 3.44. The van der Waals surface area contributed by atoms with E-state index in [1.54, 1.807) is 11.9 Å². The molecule has 98 valence electrons. The first kappa shape index (κ1) is 13.9. The van der Waals surface area contributed by atoms with Gasteiger partial charge in [-0.1, -0.05) is 6.92 Å². The summed E-state index contributed by atoms with van der Waals surface area (Å²) in [5, 5.41) is 11.4. The van der Waals surface area contributed by atoms with Gasteiger partial charge in [-0.3, -0.25) is 9.78 Å². The molecule has 1 heterocycles. The Labute approximate surface area is 105 Å². The van der Waals surface area contributed by atoms with Crippen LogP contribution >= 0.6 is 0 Å². The minimum atomic E-state index is -1.14. The van der Waals surface area contributed by atoms with Crippen LogP contribution in [0.4, 0.5) is 5.82 Å². The molecule has 0 spiro atoms. The van der Waals surface area contributed by atoms with Crippen molar-refractivity contribution in [3.63, 3.8) is 0 Å². The topological polar surface area (TPSA) is 95.4 Å². The molecule has 0 aliphatic rings. The van der Waals surface area contributed by atoms with Crippen LogP contribution < -0.4 is 10.2 Å². The minimum absolute atomic E-state index is 0.127. The van der Waals surface area contributed by atoms with E-state index < -0.39 is 5.97 Å². The summed E-state index contributed by atoms with van der Waals surface area (Å²) >= 11 is 0. The first-order valence-electron chi connectivity index (χ1n) is 5.59.